The van der Waals surface area contributed by atoms with Gasteiger partial charge in [0.15, 0.2) is 5.16 Å². The molecule has 164 valence electrons. The summed E-state index contributed by atoms with van der Waals surface area (Å²) in [6.07, 6.45) is 10.5. The maximum absolute atomic E-state index is 13.7. The van der Waals surface area contributed by atoms with E-state index in [2.05, 4.69) is 11.4 Å². The summed E-state index contributed by atoms with van der Waals surface area (Å²) in [6, 6.07) is 2.45. The molecule has 5 rings (SSSR count). The van der Waals surface area contributed by atoms with Crippen LogP contribution in [0.5, 0.6) is 0 Å². The van der Waals surface area contributed by atoms with Crippen molar-refractivity contribution in [1.29, 1.82) is 5.26 Å². The zero-order valence-corrected chi connectivity index (χ0v) is 19.5. The van der Waals surface area contributed by atoms with Crippen molar-refractivity contribution in [1.82, 2.24) is 14.9 Å². The van der Waals surface area contributed by atoms with Gasteiger partial charge in [-0.25, -0.2) is 4.98 Å². The molecule has 1 unspecified atom stereocenters. The van der Waals surface area contributed by atoms with Crippen LogP contribution in [0.3, 0.4) is 0 Å². The first-order valence-corrected chi connectivity index (χ1v) is 13.2. The van der Waals surface area contributed by atoms with Crippen molar-refractivity contribution in [3.05, 3.63) is 20.8 Å². The quantitative estimate of drug-likeness (QED) is 0.516. The normalized spacial score (nSPS) is 20.9. The second kappa shape index (κ2) is 8.25. The van der Waals surface area contributed by atoms with Crippen molar-refractivity contribution in [2.75, 3.05) is 5.75 Å². The second-order valence-corrected chi connectivity index (χ2v) is 11.4. The molecule has 1 N–H and O–H groups in total. The number of thiophene rings is 1. The van der Waals surface area contributed by atoms with Crippen LogP contribution in [0.15, 0.2) is 9.95 Å². The molecule has 1 amide bonds. The molecule has 0 radical (unpaired) electrons. The van der Waals surface area contributed by atoms with E-state index >= 15 is 0 Å². The maximum Gasteiger partial charge on any atom is 0.263 e. The lowest BCUT2D eigenvalue weighted by Crippen LogP contribution is -2.47. The molecule has 1 atom stereocenters. The zero-order chi connectivity index (χ0) is 21.6. The van der Waals surface area contributed by atoms with Crippen LogP contribution < -0.4 is 10.9 Å². The number of thioether (sulfide) groups is 1. The van der Waals surface area contributed by atoms with Gasteiger partial charge in [0.25, 0.3) is 5.56 Å². The zero-order valence-electron chi connectivity index (χ0n) is 17.9. The minimum Gasteiger partial charge on any atom is -0.337 e. The molecule has 0 spiro atoms. The van der Waals surface area contributed by atoms with Gasteiger partial charge in [0.05, 0.1) is 17.2 Å². The Morgan fingerprint density at radius 3 is 2.71 bits per heavy atom. The highest BCUT2D eigenvalue weighted by atomic mass is 32.2. The molecule has 0 aromatic carbocycles. The average molecular weight is 457 g/mol. The lowest BCUT2D eigenvalue weighted by atomic mass is 9.97. The highest BCUT2D eigenvalue weighted by Crippen LogP contribution is 2.40. The average Bonchev–Trinajstić information content (AvgIpc) is 3.37. The number of aryl methyl sites for hydroxylation is 2. The summed E-state index contributed by atoms with van der Waals surface area (Å²) < 4.78 is 1.89. The number of carbonyl (C=O) groups is 1. The van der Waals surface area contributed by atoms with E-state index in [-0.39, 0.29) is 29.2 Å². The molecule has 0 aliphatic heterocycles. The third kappa shape index (κ3) is 3.91. The summed E-state index contributed by atoms with van der Waals surface area (Å²) in [5.74, 6) is 0.244. The number of rotatable bonds is 6. The van der Waals surface area contributed by atoms with E-state index in [1.54, 1.807) is 11.3 Å². The topological polar surface area (TPSA) is 87.8 Å². The van der Waals surface area contributed by atoms with Crippen LogP contribution in [0.2, 0.25) is 0 Å². The molecule has 2 heterocycles. The molecule has 3 aliphatic carbocycles. The van der Waals surface area contributed by atoms with Crippen LogP contribution in [-0.4, -0.2) is 26.8 Å². The number of nitriles is 1. The van der Waals surface area contributed by atoms with Gasteiger partial charge in [-0.2, -0.15) is 5.26 Å². The number of aromatic nitrogens is 2. The molecule has 2 fully saturated rings. The largest absolute Gasteiger partial charge is 0.337 e. The van der Waals surface area contributed by atoms with Gasteiger partial charge in [0, 0.05) is 10.9 Å². The van der Waals surface area contributed by atoms with Crippen molar-refractivity contribution < 1.29 is 4.79 Å². The number of nitrogens with zero attached hydrogens (tertiary/aromatic N) is 3. The number of fused-ring (bicyclic) bond motifs is 3. The molecule has 0 bridgehead atoms. The van der Waals surface area contributed by atoms with Crippen molar-refractivity contribution in [2.45, 2.75) is 87.9 Å². The van der Waals surface area contributed by atoms with Crippen LogP contribution >= 0.6 is 23.1 Å². The van der Waals surface area contributed by atoms with E-state index in [0.29, 0.717) is 5.16 Å². The van der Waals surface area contributed by atoms with Crippen LogP contribution in [0.4, 0.5) is 0 Å². The molecule has 6 nitrogen and oxygen atoms in total. The Hall–Kier alpha value is -1.85. The van der Waals surface area contributed by atoms with E-state index in [4.69, 9.17) is 4.98 Å². The Labute approximate surface area is 190 Å². The van der Waals surface area contributed by atoms with Gasteiger partial charge < -0.3 is 5.32 Å². The van der Waals surface area contributed by atoms with Gasteiger partial charge in [0.2, 0.25) is 5.91 Å². The van der Waals surface area contributed by atoms with Crippen LogP contribution in [0.25, 0.3) is 10.2 Å². The molecular formula is C23H28N4O2S2. The lowest BCUT2D eigenvalue weighted by molar-refractivity contribution is -0.119. The Kier molecular flexibility index (Phi) is 5.59. The SMILES string of the molecule is CC(C#N)(NC(=O)CSc1nc2sc3c(c2c(=O)n1C1CCCC1)CCCC3)C1CC1. The van der Waals surface area contributed by atoms with Gasteiger partial charge >= 0.3 is 0 Å². The van der Waals surface area contributed by atoms with E-state index < -0.39 is 5.54 Å². The molecule has 3 aliphatic rings. The van der Waals surface area contributed by atoms with Gasteiger partial charge in [-0.05, 0) is 69.8 Å². The Morgan fingerprint density at radius 1 is 1.26 bits per heavy atom. The Balaban J connectivity index is 1.46. The third-order valence-corrected chi connectivity index (χ3v) is 9.17. The van der Waals surface area contributed by atoms with Crippen LogP contribution in [0, 0.1) is 17.2 Å². The van der Waals surface area contributed by atoms with Gasteiger partial charge in [0.1, 0.15) is 10.4 Å². The molecule has 8 heteroatoms. The lowest BCUT2D eigenvalue weighted by Gasteiger charge is -2.23. The number of nitrogens with one attached hydrogen (secondary N) is 1. The first-order chi connectivity index (χ1) is 15.0. The fraction of sp³-hybridized carbons (Fsp3) is 0.652. The first-order valence-electron chi connectivity index (χ1n) is 11.4. The number of hydrogen-bond acceptors (Lipinski definition) is 6. The smallest absolute Gasteiger partial charge is 0.263 e. The Bertz CT molecular complexity index is 1120. The van der Waals surface area contributed by atoms with Crippen molar-refractivity contribution in [3.63, 3.8) is 0 Å². The molecule has 2 aromatic heterocycles. The third-order valence-electron chi connectivity index (χ3n) is 7.04. The number of hydrogen-bond donors (Lipinski definition) is 1. The number of carbonyl (C=O) groups excluding carboxylic acids is 1. The summed E-state index contributed by atoms with van der Waals surface area (Å²) >= 11 is 3.00. The summed E-state index contributed by atoms with van der Waals surface area (Å²) in [4.78, 5) is 33.4. The van der Waals surface area contributed by atoms with Gasteiger partial charge in [-0.1, -0.05) is 24.6 Å². The van der Waals surface area contributed by atoms with E-state index in [9.17, 15) is 14.9 Å². The summed E-state index contributed by atoms with van der Waals surface area (Å²) in [5.41, 5.74) is 0.505. The minimum absolute atomic E-state index is 0.0825. The summed E-state index contributed by atoms with van der Waals surface area (Å²) in [6.45, 7) is 1.81. The highest BCUT2D eigenvalue weighted by molar-refractivity contribution is 7.99. The van der Waals surface area contributed by atoms with E-state index in [0.717, 1.165) is 68.0 Å². The van der Waals surface area contributed by atoms with Crippen LogP contribution in [-0.2, 0) is 17.6 Å². The van der Waals surface area contributed by atoms with Crippen molar-refractivity contribution in [3.8, 4) is 6.07 Å². The van der Waals surface area contributed by atoms with Gasteiger partial charge in [-0.3, -0.25) is 14.2 Å². The standard InChI is InChI=1S/C23H28N4O2S2/c1-23(13-24,14-10-11-14)26-18(28)12-30-22-25-20-19(16-8-4-5-9-17(16)31-20)21(29)27(22)15-6-2-3-7-15/h14-15H,2-12H2,1H3,(H,26,28). The predicted octanol–water partition coefficient (Wildman–Crippen LogP) is 4.35. The fourth-order valence-corrected chi connectivity index (χ4v) is 7.29. The van der Waals surface area contributed by atoms with Crippen molar-refractivity contribution >= 4 is 39.2 Å². The molecule has 31 heavy (non-hydrogen) atoms. The fourth-order valence-electron chi connectivity index (χ4n) is 5.12. The first kappa shape index (κ1) is 21.0. The molecule has 2 saturated carbocycles. The molecule has 2 aromatic rings. The molecule has 0 saturated heterocycles. The number of amides is 1. The van der Waals surface area contributed by atoms with Crippen molar-refractivity contribution in [2.24, 2.45) is 5.92 Å². The molecular weight excluding hydrogens is 428 g/mol. The van der Waals surface area contributed by atoms with Crippen LogP contribution in [0.1, 0.15) is 74.8 Å². The van der Waals surface area contributed by atoms with Gasteiger partial charge in [-0.15, -0.1) is 11.3 Å². The minimum atomic E-state index is -0.799. The van der Waals surface area contributed by atoms with E-state index in [1.165, 1.54) is 28.6 Å². The second-order valence-electron chi connectivity index (χ2n) is 9.32. The Morgan fingerprint density at radius 2 is 2.00 bits per heavy atom. The maximum atomic E-state index is 13.7. The summed E-state index contributed by atoms with van der Waals surface area (Å²) in [7, 11) is 0. The predicted molar refractivity (Wildman–Crippen MR) is 124 cm³/mol. The highest BCUT2D eigenvalue weighted by Gasteiger charge is 2.43. The monoisotopic (exact) mass is 456 g/mol. The van der Waals surface area contributed by atoms with E-state index in [1.807, 2.05) is 11.5 Å². The summed E-state index contributed by atoms with van der Waals surface area (Å²) in [5, 5.41) is 13.9.